The minimum absolute atomic E-state index is 0.0510. The number of amides is 1. The van der Waals surface area contributed by atoms with Crippen molar-refractivity contribution in [2.75, 3.05) is 16.4 Å². The Morgan fingerprint density at radius 3 is 2.50 bits per heavy atom. The van der Waals surface area contributed by atoms with E-state index in [-0.39, 0.29) is 29.6 Å². The number of pyridine rings is 1. The van der Waals surface area contributed by atoms with Crippen LogP contribution in [0.5, 0.6) is 0 Å². The van der Waals surface area contributed by atoms with E-state index in [4.69, 9.17) is 0 Å². The number of aromatic nitrogens is 1. The highest BCUT2D eigenvalue weighted by Crippen LogP contribution is 2.46. The van der Waals surface area contributed by atoms with Gasteiger partial charge in [0.15, 0.2) is 15.6 Å². The zero-order chi connectivity index (χ0) is 20.3. The second-order valence-corrected chi connectivity index (χ2v) is 10.7. The van der Waals surface area contributed by atoms with Crippen LogP contribution in [0, 0.1) is 5.41 Å². The van der Waals surface area contributed by atoms with Crippen molar-refractivity contribution in [3.63, 3.8) is 0 Å². The third-order valence-electron chi connectivity index (χ3n) is 5.60. The molecule has 1 saturated heterocycles. The number of sulfone groups is 1. The fourth-order valence-electron chi connectivity index (χ4n) is 4.26. The molecule has 0 N–H and O–H groups in total. The third kappa shape index (κ3) is 2.94. The number of carbonyl (C=O) groups is 2. The van der Waals surface area contributed by atoms with Crippen LogP contribution in [0.1, 0.15) is 43.1 Å². The van der Waals surface area contributed by atoms with Gasteiger partial charge in [-0.1, -0.05) is 6.92 Å². The van der Waals surface area contributed by atoms with E-state index in [9.17, 15) is 18.0 Å². The molecule has 146 valence electrons. The molecule has 0 bridgehead atoms. The van der Waals surface area contributed by atoms with Crippen LogP contribution in [0.25, 0.3) is 0 Å². The first-order valence-electron chi connectivity index (χ1n) is 9.15. The molecule has 6 nitrogen and oxygen atoms in total. The van der Waals surface area contributed by atoms with Gasteiger partial charge in [0.2, 0.25) is 5.91 Å². The van der Waals surface area contributed by atoms with Gasteiger partial charge in [-0.05, 0) is 49.7 Å². The molecule has 28 heavy (non-hydrogen) atoms. The summed E-state index contributed by atoms with van der Waals surface area (Å²) >= 11 is 0. The standard InChI is InChI=1S/C21H22N2O4S/c1-20(2)16-9-14(18(24)10-21(3)12-28(26,27)13-21)6-7-17(16)23(19(20)25)15-5-4-8-22-11-15/h4-9,11H,10,12-13H2,1-3H3. The molecular weight excluding hydrogens is 376 g/mol. The molecule has 0 saturated carbocycles. The zero-order valence-electron chi connectivity index (χ0n) is 16.1. The highest BCUT2D eigenvalue weighted by Gasteiger charge is 2.47. The molecule has 1 aromatic carbocycles. The van der Waals surface area contributed by atoms with Crippen LogP contribution in [0.15, 0.2) is 42.7 Å². The van der Waals surface area contributed by atoms with Crippen molar-refractivity contribution in [3.05, 3.63) is 53.9 Å². The number of hydrogen-bond acceptors (Lipinski definition) is 5. The Balaban J connectivity index is 1.68. The SMILES string of the molecule is CC1(CC(=O)c2ccc3c(c2)C(C)(C)C(=O)N3c2cccnc2)CS(=O)(=O)C1. The van der Waals surface area contributed by atoms with Gasteiger partial charge in [0.05, 0.1) is 34.5 Å². The maximum atomic E-state index is 13.1. The molecule has 2 aromatic rings. The van der Waals surface area contributed by atoms with E-state index >= 15 is 0 Å². The first-order chi connectivity index (χ1) is 13.0. The highest BCUT2D eigenvalue weighted by atomic mass is 32.2. The average molecular weight is 398 g/mol. The largest absolute Gasteiger partial charge is 0.294 e. The van der Waals surface area contributed by atoms with Gasteiger partial charge in [-0.2, -0.15) is 0 Å². The van der Waals surface area contributed by atoms with Gasteiger partial charge in [-0.3, -0.25) is 19.5 Å². The predicted molar refractivity (Wildman–Crippen MR) is 107 cm³/mol. The normalized spacial score (nSPS) is 21.1. The summed E-state index contributed by atoms with van der Waals surface area (Å²) in [5.41, 5.74) is 1.46. The lowest BCUT2D eigenvalue weighted by atomic mass is 9.83. The minimum Gasteiger partial charge on any atom is -0.294 e. The summed E-state index contributed by atoms with van der Waals surface area (Å²) in [5, 5.41) is 0. The summed E-state index contributed by atoms with van der Waals surface area (Å²) < 4.78 is 23.0. The number of rotatable bonds is 4. The number of carbonyl (C=O) groups excluding carboxylic acids is 2. The van der Waals surface area contributed by atoms with Crippen LogP contribution in [-0.4, -0.2) is 36.6 Å². The smallest absolute Gasteiger partial charge is 0.241 e. The molecule has 0 spiro atoms. The fraction of sp³-hybridized carbons (Fsp3) is 0.381. The van der Waals surface area contributed by atoms with Crippen LogP contribution in [0.3, 0.4) is 0 Å². The lowest BCUT2D eigenvalue weighted by Gasteiger charge is -2.37. The summed E-state index contributed by atoms with van der Waals surface area (Å²) in [5.74, 6) is -0.0642. The van der Waals surface area contributed by atoms with E-state index < -0.39 is 20.7 Å². The minimum atomic E-state index is -3.00. The van der Waals surface area contributed by atoms with Gasteiger partial charge in [-0.25, -0.2) is 8.42 Å². The Bertz CT molecular complexity index is 1080. The second-order valence-electron chi connectivity index (χ2n) is 8.65. The quantitative estimate of drug-likeness (QED) is 0.739. The molecule has 1 fully saturated rings. The molecule has 2 aliphatic heterocycles. The Labute approximate surface area is 164 Å². The lowest BCUT2D eigenvalue weighted by Crippen LogP contribution is -2.47. The maximum Gasteiger partial charge on any atom is 0.241 e. The Morgan fingerprint density at radius 2 is 1.89 bits per heavy atom. The molecule has 2 aliphatic rings. The number of benzene rings is 1. The van der Waals surface area contributed by atoms with Crippen molar-refractivity contribution in [2.45, 2.75) is 32.6 Å². The van der Waals surface area contributed by atoms with Crippen LogP contribution >= 0.6 is 0 Å². The van der Waals surface area contributed by atoms with E-state index in [1.54, 1.807) is 41.6 Å². The molecule has 0 radical (unpaired) electrons. The Kier molecular flexibility index (Phi) is 4.01. The van der Waals surface area contributed by atoms with Gasteiger partial charge >= 0.3 is 0 Å². The summed E-state index contributed by atoms with van der Waals surface area (Å²) in [7, 11) is -3.00. The van der Waals surface area contributed by atoms with E-state index in [2.05, 4.69) is 4.98 Å². The first kappa shape index (κ1) is 18.8. The Hall–Kier alpha value is -2.54. The van der Waals surface area contributed by atoms with Crippen molar-refractivity contribution in [1.82, 2.24) is 4.98 Å². The molecular formula is C21H22N2O4S. The van der Waals surface area contributed by atoms with Gasteiger partial charge < -0.3 is 0 Å². The third-order valence-corrected chi connectivity index (χ3v) is 7.87. The lowest BCUT2D eigenvalue weighted by molar-refractivity contribution is -0.121. The summed E-state index contributed by atoms with van der Waals surface area (Å²) in [6.45, 7) is 5.52. The van der Waals surface area contributed by atoms with Crippen LogP contribution in [-0.2, 0) is 20.0 Å². The average Bonchev–Trinajstić information content (AvgIpc) is 2.80. The summed E-state index contributed by atoms with van der Waals surface area (Å²) in [6, 6.07) is 8.89. The van der Waals surface area contributed by atoms with E-state index in [1.807, 2.05) is 26.8 Å². The second kappa shape index (κ2) is 5.98. The molecule has 3 heterocycles. The van der Waals surface area contributed by atoms with Crippen molar-refractivity contribution in [3.8, 4) is 0 Å². The van der Waals surface area contributed by atoms with Crippen LogP contribution in [0.4, 0.5) is 11.4 Å². The fourth-order valence-corrected chi connectivity index (χ4v) is 6.51. The Morgan fingerprint density at radius 1 is 1.18 bits per heavy atom. The monoisotopic (exact) mass is 398 g/mol. The molecule has 1 aromatic heterocycles. The predicted octanol–water partition coefficient (Wildman–Crippen LogP) is 3.05. The van der Waals surface area contributed by atoms with Crippen molar-refractivity contribution < 1.29 is 18.0 Å². The molecule has 4 rings (SSSR count). The molecule has 7 heteroatoms. The van der Waals surface area contributed by atoms with E-state index in [0.29, 0.717) is 11.3 Å². The number of ketones is 1. The van der Waals surface area contributed by atoms with Crippen LogP contribution in [0.2, 0.25) is 0 Å². The molecule has 0 unspecified atom stereocenters. The summed E-state index contributed by atoms with van der Waals surface area (Å²) in [6.07, 6.45) is 3.48. The number of nitrogens with zero attached hydrogens (tertiary/aromatic N) is 2. The van der Waals surface area contributed by atoms with E-state index in [0.717, 1.165) is 11.3 Å². The molecule has 0 aliphatic carbocycles. The van der Waals surface area contributed by atoms with Gasteiger partial charge in [-0.15, -0.1) is 0 Å². The van der Waals surface area contributed by atoms with Crippen molar-refractivity contribution in [1.29, 1.82) is 0 Å². The maximum absolute atomic E-state index is 13.1. The van der Waals surface area contributed by atoms with Gasteiger partial charge in [0.1, 0.15) is 0 Å². The highest BCUT2D eigenvalue weighted by molar-refractivity contribution is 7.92. The summed E-state index contributed by atoms with van der Waals surface area (Å²) in [4.78, 5) is 31.6. The number of anilines is 2. The molecule has 0 atom stereocenters. The van der Waals surface area contributed by atoms with Gasteiger partial charge in [0.25, 0.3) is 0 Å². The van der Waals surface area contributed by atoms with Gasteiger partial charge in [0, 0.05) is 23.6 Å². The topological polar surface area (TPSA) is 84.4 Å². The zero-order valence-corrected chi connectivity index (χ0v) is 16.9. The first-order valence-corrected chi connectivity index (χ1v) is 11.0. The van der Waals surface area contributed by atoms with E-state index in [1.165, 1.54) is 0 Å². The molecule has 1 amide bonds. The van der Waals surface area contributed by atoms with Crippen molar-refractivity contribution in [2.24, 2.45) is 5.41 Å². The van der Waals surface area contributed by atoms with Crippen LogP contribution < -0.4 is 4.90 Å². The number of fused-ring (bicyclic) bond motifs is 1. The van der Waals surface area contributed by atoms with Crippen molar-refractivity contribution >= 4 is 32.9 Å². The number of hydrogen-bond donors (Lipinski definition) is 0. The number of Topliss-reactive ketones (excluding diaryl/α,β-unsaturated/α-hetero) is 1.